The zero-order valence-electron chi connectivity index (χ0n) is 9.59. The zero-order chi connectivity index (χ0) is 11.6. The summed E-state index contributed by atoms with van der Waals surface area (Å²) >= 11 is 0. The summed E-state index contributed by atoms with van der Waals surface area (Å²) < 4.78 is 0. The summed E-state index contributed by atoms with van der Waals surface area (Å²) in [4.78, 5) is 11.1. The lowest BCUT2D eigenvalue weighted by atomic mass is 10.0. The minimum Gasteiger partial charge on any atom is -0.507 e. The second-order valence-electron chi connectivity index (χ2n) is 3.89. The van der Waals surface area contributed by atoms with Gasteiger partial charge in [0.1, 0.15) is 5.75 Å². The number of phenols is 1. The van der Waals surface area contributed by atoms with Gasteiger partial charge < -0.3 is 5.11 Å². The van der Waals surface area contributed by atoms with Gasteiger partial charge in [-0.15, -0.1) is 0 Å². The predicted molar refractivity (Wildman–Crippen MR) is 61.9 cm³/mol. The molecule has 0 bridgehead atoms. The Morgan fingerprint density at radius 3 is 2.07 bits per heavy atom. The first-order valence-corrected chi connectivity index (χ1v) is 4.91. The van der Waals surface area contributed by atoms with Gasteiger partial charge in [0, 0.05) is 0 Å². The van der Waals surface area contributed by atoms with Crippen molar-refractivity contribution in [2.45, 2.75) is 27.7 Å². The predicted octanol–water partition coefficient (Wildman–Crippen LogP) is 3.00. The normalized spacial score (nSPS) is 11.6. The Morgan fingerprint density at radius 1 is 1.20 bits per heavy atom. The number of hydrogen-bond donors (Lipinski definition) is 1. The van der Waals surface area contributed by atoms with E-state index in [1.807, 2.05) is 32.1 Å². The van der Waals surface area contributed by atoms with E-state index in [0.717, 1.165) is 22.3 Å². The highest BCUT2D eigenvalue weighted by atomic mass is 16.3. The number of Topliss-reactive ketones (excluding diaryl/α,β-unsaturated/α-hetero) is 1. The number of benzene rings is 1. The van der Waals surface area contributed by atoms with Crippen LogP contribution in [-0.2, 0) is 4.79 Å². The largest absolute Gasteiger partial charge is 0.507 e. The standard InChI is InChI=1S/C13H16O2/c1-8(11(4)14)5-12-6-9(2)13(15)10(3)7-12/h5-7,15H,1-4H3/b8-5+. The van der Waals surface area contributed by atoms with Crippen LogP contribution in [0.2, 0.25) is 0 Å². The van der Waals surface area contributed by atoms with Gasteiger partial charge >= 0.3 is 0 Å². The minimum atomic E-state index is 0.0679. The Labute approximate surface area is 90.3 Å². The topological polar surface area (TPSA) is 37.3 Å². The molecule has 0 spiro atoms. The molecule has 0 unspecified atom stereocenters. The maximum atomic E-state index is 11.1. The highest BCUT2D eigenvalue weighted by Crippen LogP contribution is 2.24. The number of aryl methyl sites for hydroxylation is 2. The summed E-state index contributed by atoms with van der Waals surface area (Å²) in [6.07, 6.45) is 1.84. The molecule has 1 aromatic carbocycles. The third kappa shape index (κ3) is 2.69. The van der Waals surface area contributed by atoms with E-state index < -0.39 is 0 Å². The van der Waals surface area contributed by atoms with Crippen molar-refractivity contribution in [2.75, 3.05) is 0 Å². The van der Waals surface area contributed by atoms with Gasteiger partial charge in [-0.25, -0.2) is 0 Å². The lowest BCUT2D eigenvalue weighted by Gasteiger charge is -2.05. The van der Waals surface area contributed by atoms with Gasteiger partial charge in [-0.1, -0.05) is 0 Å². The first-order valence-electron chi connectivity index (χ1n) is 4.91. The summed E-state index contributed by atoms with van der Waals surface area (Å²) in [7, 11) is 0. The fourth-order valence-electron chi connectivity index (χ4n) is 1.42. The molecule has 0 amide bonds. The zero-order valence-corrected chi connectivity index (χ0v) is 9.59. The van der Waals surface area contributed by atoms with Crippen molar-refractivity contribution in [1.29, 1.82) is 0 Å². The molecule has 0 aliphatic heterocycles. The molecule has 2 heteroatoms. The van der Waals surface area contributed by atoms with Crippen molar-refractivity contribution in [1.82, 2.24) is 0 Å². The molecule has 0 radical (unpaired) electrons. The van der Waals surface area contributed by atoms with E-state index in [1.54, 1.807) is 13.8 Å². The van der Waals surface area contributed by atoms with E-state index in [1.165, 1.54) is 0 Å². The minimum absolute atomic E-state index is 0.0679. The average molecular weight is 204 g/mol. The summed E-state index contributed by atoms with van der Waals surface area (Å²) in [5.41, 5.74) is 3.34. The molecule has 15 heavy (non-hydrogen) atoms. The van der Waals surface area contributed by atoms with E-state index >= 15 is 0 Å². The van der Waals surface area contributed by atoms with Crippen LogP contribution in [-0.4, -0.2) is 10.9 Å². The summed E-state index contributed by atoms with van der Waals surface area (Å²) in [5.74, 6) is 0.394. The van der Waals surface area contributed by atoms with Crippen molar-refractivity contribution in [3.8, 4) is 5.75 Å². The van der Waals surface area contributed by atoms with E-state index in [9.17, 15) is 9.90 Å². The molecule has 2 nitrogen and oxygen atoms in total. The van der Waals surface area contributed by atoms with Crippen LogP contribution in [0.5, 0.6) is 5.75 Å². The lowest BCUT2D eigenvalue weighted by molar-refractivity contribution is -0.113. The number of carbonyl (C=O) groups excluding carboxylic acids is 1. The third-order valence-corrected chi connectivity index (χ3v) is 2.45. The van der Waals surface area contributed by atoms with E-state index in [-0.39, 0.29) is 5.78 Å². The van der Waals surface area contributed by atoms with E-state index in [4.69, 9.17) is 0 Å². The van der Waals surface area contributed by atoms with Crippen LogP contribution in [0.3, 0.4) is 0 Å². The maximum Gasteiger partial charge on any atom is 0.155 e. The van der Waals surface area contributed by atoms with Gasteiger partial charge in [0.2, 0.25) is 0 Å². The fraction of sp³-hybridized carbons (Fsp3) is 0.308. The molecule has 0 fully saturated rings. The highest BCUT2D eigenvalue weighted by Gasteiger charge is 2.03. The molecule has 0 heterocycles. The van der Waals surface area contributed by atoms with Gasteiger partial charge in [0.25, 0.3) is 0 Å². The van der Waals surface area contributed by atoms with Gasteiger partial charge in [-0.05, 0) is 68.2 Å². The van der Waals surface area contributed by atoms with Crippen LogP contribution in [0, 0.1) is 13.8 Å². The molecule has 0 aliphatic carbocycles. The molecule has 1 N–H and O–H groups in total. The molecular formula is C13H16O2. The lowest BCUT2D eigenvalue weighted by Crippen LogP contribution is -1.91. The number of phenolic OH excluding ortho intramolecular Hbond substituents is 1. The molecule has 0 aliphatic rings. The van der Waals surface area contributed by atoms with Gasteiger partial charge in [-0.2, -0.15) is 0 Å². The second kappa shape index (κ2) is 4.30. The van der Waals surface area contributed by atoms with Gasteiger partial charge in [0.05, 0.1) is 0 Å². The molecule has 0 saturated carbocycles. The SMILES string of the molecule is CC(=O)/C(C)=C/c1cc(C)c(O)c(C)c1. The monoisotopic (exact) mass is 204 g/mol. The highest BCUT2D eigenvalue weighted by molar-refractivity contribution is 5.97. The second-order valence-corrected chi connectivity index (χ2v) is 3.89. The maximum absolute atomic E-state index is 11.1. The smallest absolute Gasteiger partial charge is 0.155 e. The molecule has 0 saturated heterocycles. The number of ketones is 1. The Balaban J connectivity index is 3.18. The first kappa shape index (κ1) is 11.5. The number of aromatic hydroxyl groups is 1. The molecule has 0 atom stereocenters. The number of carbonyl (C=O) groups is 1. The van der Waals surface area contributed by atoms with Crippen molar-refractivity contribution < 1.29 is 9.90 Å². The molecule has 0 aromatic heterocycles. The average Bonchev–Trinajstić information content (AvgIpc) is 2.13. The number of allylic oxidation sites excluding steroid dienone is 1. The van der Waals surface area contributed by atoms with Crippen LogP contribution in [0.4, 0.5) is 0 Å². The number of hydrogen-bond acceptors (Lipinski definition) is 2. The summed E-state index contributed by atoms with van der Waals surface area (Å²) in [5, 5.41) is 9.59. The van der Waals surface area contributed by atoms with Crippen LogP contribution in [0.1, 0.15) is 30.5 Å². The third-order valence-electron chi connectivity index (χ3n) is 2.45. The Hall–Kier alpha value is -1.57. The molecule has 1 rings (SSSR count). The van der Waals surface area contributed by atoms with Crippen LogP contribution in [0.25, 0.3) is 6.08 Å². The summed E-state index contributed by atoms with van der Waals surface area (Å²) in [6, 6.07) is 3.74. The Morgan fingerprint density at radius 2 is 1.67 bits per heavy atom. The Kier molecular flexibility index (Phi) is 3.30. The molecular weight excluding hydrogens is 188 g/mol. The molecule has 1 aromatic rings. The molecule has 80 valence electrons. The van der Waals surface area contributed by atoms with Gasteiger partial charge in [-0.3, -0.25) is 4.79 Å². The van der Waals surface area contributed by atoms with Crippen molar-refractivity contribution in [3.05, 3.63) is 34.4 Å². The van der Waals surface area contributed by atoms with Crippen LogP contribution < -0.4 is 0 Å². The van der Waals surface area contributed by atoms with E-state index in [0.29, 0.717) is 5.75 Å². The van der Waals surface area contributed by atoms with Crippen molar-refractivity contribution in [3.63, 3.8) is 0 Å². The number of rotatable bonds is 2. The van der Waals surface area contributed by atoms with E-state index in [2.05, 4.69) is 0 Å². The Bertz CT molecular complexity index is 405. The van der Waals surface area contributed by atoms with Gasteiger partial charge in [0.15, 0.2) is 5.78 Å². The van der Waals surface area contributed by atoms with Crippen LogP contribution >= 0.6 is 0 Å². The first-order chi connectivity index (χ1) is 6.91. The van der Waals surface area contributed by atoms with Crippen molar-refractivity contribution >= 4 is 11.9 Å². The summed E-state index contributed by atoms with van der Waals surface area (Å²) in [6.45, 7) is 7.04. The quantitative estimate of drug-likeness (QED) is 0.752. The van der Waals surface area contributed by atoms with Crippen LogP contribution in [0.15, 0.2) is 17.7 Å². The fourth-order valence-corrected chi connectivity index (χ4v) is 1.42. The van der Waals surface area contributed by atoms with Crippen molar-refractivity contribution in [2.24, 2.45) is 0 Å².